The van der Waals surface area contributed by atoms with Crippen LogP contribution in [0.4, 0.5) is 5.69 Å². The molecule has 15 heavy (non-hydrogen) atoms. The van der Waals surface area contributed by atoms with E-state index in [1.807, 2.05) is 6.07 Å². The van der Waals surface area contributed by atoms with Crippen LogP contribution in [0, 0.1) is 0 Å². The van der Waals surface area contributed by atoms with Gasteiger partial charge in [-0.2, -0.15) is 0 Å². The molecule has 1 aromatic rings. The molecule has 1 fully saturated rings. The Kier molecular flexibility index (Phi) is 3.52. The highest BCUT2D eigenvalue weighted by Gasteiger charge is 2.12. The molecule has 1 N–H and O–H groups in total. The van der Waals surface area contributed by atoms with E-state index in [2.05, 4.69) is 20.8 Å². The lowest BCUT2D eigenvalue weighted by molar-refractivity contribution is 0.475. The van der Waals surface area contributed by atoms with E-state index < -0.39 is 0 Å². The number of anilines is 1. The van der Waals surface area contributed by atoms with Gasteiger partial charge in [-0.3, -0.25) is 0 Å². The van der Waals surface area contributed by atoms with Crippen LogP contribution in [0.25, 0.3) is 0 Å². The Morgan fingerprint density at radius 3 is 2.33 bits per heavy atom. The highest BCUT2D eigenvalue weighted by atomic mass is 79.9. The van der Waals surface area contributed by atoms with Gasteiger partial charge in [-0.05, 0) is 47.0 Å². The summed E-state index contributed by atoms with van der Waals surface area (Å²) in [5.74, 6) is 0.320. The van der Waals surface area contributed by atoms with Crippen LogP contribution in [-0.4, -0.2) is 18.2 Å². The first-order chi connectivity index (χ1) is 7.27. The summed E-state index contributed by atoms with van der Waals surface area (Å²) in [5.41, 5.74) is 1.20. The average Bonchev–Trinajstić information content (AvgIpc) is 2.46. The molecule has 2 nitrogen and oxygen atoms in total. The number of nitrogens with zero attached hydrogens (tertiary/aromatic N) is 1. The fraction of sp³-hybridized carbons (Fsp3) is 0.500. The summed E-state index contributed by atoms with van der Waals surface area (Å²) in [4.78, 5) is 2.40. The zero-order valence-corrected chi connectivity index (χ0v) is 10.3. The van der Waals surface area contributed by atoms with E-state index in [1.165, 1.54) is 31.4 Å². The molecule has 0 amide bonds. The Morgan fingerprint density at radius 1 is 1.07 bits per heavy atom. The molecule has 3 heteroatoms. The van der Waals surface area contributed by atoms with Crippen molar-refractivity contribution < 1.29 is 5.11 Å². The maximum absolute atomic E-state index is 9.34. The van der Waals surface area contributed by atoms with Crippen LogP contribution in [0.2, 0.25) is 0 Å². The Bertz CT molecular complexity index is 332. The monoisotopic (exact) mass is 269 g/mol. The van der Waals surface area contributed by atoms with Crippen molar-refractivity contribution >= 4 is 21.6 Å². The topological polar surface area (TPSA) is 23.5 Å². The zero-order valence-electron chi connectivity index (χ0n) is 8.75. The minimum absolute atomic E-state index is 0.320. The number of aromatic hydroxyl groups is 1. The predicted octanol–water partition coefficient (Wildman–Crippen LogP) is 3.54. The summed E-state index contributed by atoms with van der Waals surface area (Å²) >= 11 is 3.51. The van der Waals surface area contributed by atoms with E-state index in [-0.39, 0.29) is 0 Å². The number of phenols is 1. The van der Waals surface area contributed by atoms with E-state index in [9.17, 15) is 5.11 Å². The zero-order chi connectivity index (χ0) is 10.7. The minimum Gasteiger partial charge on any atom is -0.508 e. The Hall–Kier alpha value is -0.700. The fourth-order valence-corrected chi connectivity index (χ4v) is 2.68. The van der Waals surface area contributed by atoms with Gasteiger partial charge in [0.2, 0.25) is 0 Å². The van der Waals surface area contributed by atoms with Crippen LogP contribution < -0.4 is 4.90 Å². The molecule has 1 aliphatic rings. The summed E-state index contributed by atoms with van der Waals surface area (Å²) in [5, 5.41) is 9.34. The third-order valence-corrected chi connectivity index (χ3v) is 3.51. The molecule has 0 radical (unpaired) electrons. The first-order valence-electron chi connectivity index (χ1n) is 5.51. The molecule has 0 unspecified atom stereocenters. The number of halogens is 1. The van der Waals surface area contributed by atoms with Crippen molar-refractivity contribution in [2.45, 2.75) is 25.7 Å². The highest BCUT2D eigenvalue weighted by molar-refractivity contribution is 9.10. The lowest BCUT2D eigenvalue weighted by Crippen LogP contribution is -2.24. The van der Waals surface area contributed by atoms with Crippen LogP contribution >= 0.6 is 15.9 Å². The van der Waals surface area contributed by atoms with Crippen LogP contribution in [0.1, 0.15) is 25.7 Å². The largest absolute Gasteiger partial charge is 0.508 e. The molecule has 1 saturated heterocycles. The summed E-state index contributed by atoms with van der Waals surface area (Å²) in [6.07, 6.45) is 5.22. The van der Waals surface area contributed by atoms with Gasteiger partial charge >= 0.3 is 0 Å². The van der Waals surface area contributed by atoms with Gasteiger partial charge in [-0.15, -0.1) is 0 Å². The summed E-state index contributed by atoms with van der Waals surface area (Å²) in [6, 6.07) is 5.51. The van der Waals surface area contributed by atoms with Gasteiger partial charge in [0.25, 0.3) is 0 Å². The molecular weight excluding hydrogens is 254 g/mol. The normalized spacial score (nSPS) is 17.5. The SMILES string of the molecule is Oc1ccc(N2CCCCCC2)c(Br)c1. The van der Waals surface area contributed by atoms with Crippen LogP contribution in [-0.2, 0) is 0 Å². The van der Waals surface area contributed by atoms with Crippen molar-refractivity contribution in [2.24, 2.45) is 0 Å². The smallest absolute Gasteiger partial charge is 0.116 e. The molecule has 1 aliphatic heterocycles. The van der Waals surface area contributed by atoms with Gasteiger partial charge in [-0.25, -0.2) is 0 Å². The summed E-state index contributed by atoms with van der Waals surface area (Å²) in [7, 11) is 0. The Balaban J connectivity index is 2.19. The second-order valence-corrected chi connectivity index (χ2v) is 4.89. The minimum atomic E-state index is 0.320. The third kappa shape index (κ3) is 2.65. The fourth-order valence-electron chi connectivity index (χ4n) is 2.06. The van der Waals surface area contributed by atoms with E-state index in [0.717, 1.165) is 17.6 Å². The quantitative estimate of drug-likeness (QED) is 0.843. The van der Waals surface area contributed by atoms with Crippen molar-refractivity contribution in [1.29, 1.82) is 0 Å². The molecule has 1 heterocycles. The molecule has 0 saturated carbocycles. The molecular formula is C12H16BrNO. The van der Waals surface area contributed by atoms with Crippen molar-refractivity contribution in [3.05, 3.63) is 22.7 Å². The molecule has 0 spiro atoms. The molecule has 2 rings (SSSR count). The lowest BCUT2D eigenvalue weighted by atomic mass is 10.2. The van der Waals surface area contributed by atoms with Crippen LogP contribution in [0.5, 0.6) is 5.75 Å². The number of phenolic OH excluding ortho intramolecular Hbond substituents is 1. The van der Waals surface area contributed by atoms with Crippen molar-refractivity contribution in [3.8, 4) is 5.75 Å². The van der Waals surface area contributed by atoms with Gasteiger partial charge in [0.15, 0.2) is 0 Å². The number of benzene rings is 1. The number of rotatable bonds is 1. The van der Waals surface area contributed by atoms with Crippen LogP contribution in [0.15, 0.2) is 22.7 Å². The maximum Gasteiger partial charge on any atom is 0.116 e. The van der Waals surface area contributed by atoms with Gasteiger partial charge in [0.1, 0.15) is 5.75 Å². The molecule has 0 aliphatic carbocycles. The molecule has 1 aromatic carbocycles. The third-order valence-electron chi connectivity index (χ3n) is 2.88. The first kappa shape index (κ1) is 10.8. The average molecular weight is 270 g/mol. The van der Waals surface area contributed by atoms with Crippen molar-refractivity contribution in [1.82, 2.24) is 0 Å². The van der Waals surface area contributed by atoms with E-state index in [0.29, 0.717) is 5.75 Å². The molecule has 0 aromatic heterocycles. The Labute approximate surface area is 99.0 Å². The van der Waals surface area contributed by atoms with E-state index in [1.54, 1.807) is 12.1 Å². The molecule has 0 atom stereocenters. The van der Waals surface area contributed by atoms with Gasteiger partial charge < -0.3 is 10.0 Å². The van der Waals surface area contributed by atoms with Gasteiger partial charge in [-0.1, -0.05) is 12.8 Å². The van der Waals surface area contributed by atoms with E-state index in [4.69, 9.17) is 0 Å². The standard InChI is InChI=1S/C12H16BrNO/c13-11-9-10(15)5-6-12(11)14-7-3-1-2-4-8-14/h5-6,9,15H,1-4,7-8H2. The Morgan fingerprint density at radius 2 is 1.73 bits per heavy atom. The van der Waals surface area contributed by atoms with Gasteiger partial charge in [0.05, 0.1) is 5.69 Å². The number of hydrogen-bond donors (Lipinski definition) is 1. The maximum atomic E-state index is 9.34. The molecule has 0 bridgehead atoms. The van der Waals surface area contributed by atoms with Crippen molar-refractivity contribution in [3.63, 3.8) is 0 Å². The second kappa shape index (κ2) is 4.88. The van der Waals surface area contributed by atoms with Gasteiger partial charge in [0, 0.05) is 17.6 Å². The van der Waals surface area contributed by atoms with E-state index >= 15 is 0 Å². The van der Waals surface area contributed by atoms with Crippen molar-refractivity contribution in [2.75, 3.05) is 18.0 Å². The second-order valence-electron chi connectivity index (χ2n) is 4.04. The van der Waals surface area contributed by atoms with Crippen LogP contribution in [0.3, 0.4) is 0 Å². The molecule has 82 valence electrons. The first-order valence-corrected chi connectivity index (χ1v) is 6.30. The lowest BCUT2D eigenvalue weighted by Gasteiger charge is -2.23. The summed E-state index contributed by atoms with van der Waals surface area (Å²) < 4.78 is 0.990. The summed E-state index contributed by atoms with van der Waals surface area (Å²) in [6.45, 7) is 2.26. The highest BCUT2D eigenvalue weighted by Crippen LogP contribution is 2.31. The number of hydrogen-bond acceptors (Lipinski definition) is 2. The predicted molar refractivity (Wildman–Crippen MR) is 66.5 cm³/mol.